The molecule has 1 heterocycles. The molecular formula is C15H25IN4O2S. The van der Waals surface area contributed by atoms with E-state index in [1.165, 1.54) is 0 Å². The fourth-order valence-corrected chi connectivity index (χ4v) is 3.80. The fourth-order valence-electron chi connectivity index (χ4n) is 2.31. The molecule has 0 amide bonds. The lowest BCUT2D eigenvalue weighted by Crippen LogP contribution is -2.40. The van der Waals surface area contributed by atoms with Crippen LogP contribution in [0.5, 0.6) is 0 Å². The third-order valence-electron chi connectivity index (χ3n) is 3.22. The molecule has 0 unspecified atom stereocenters. The van der Waals surface area contributed by atoms with E-state index in [0.29, 0.717) is 6.54 Å². The van der Waals surface area contributed by atoms with Crippen molar-refractivity contribution >= 4 is 40.0 Å². The van der Waals surface area contributed by atoms with Gasteiger partial charge in [-0.15, -0.1) is 24.0 Å². The highest BCUT2D eigenvalue weighted by Crippen LogP contribution is 2.12. The fraction of sp³-hybridized carbons (Fsp3) is 0.533. The predicted molar refractivity (Wildman–Crippen MR) is 105 cm³/mol. The standard InChI is InChI=1S/C15H24N4O2S.HI/c1-12(2)19-22(20,21)11-14-7-4-3-6-13(14)10-18-15-16-8-5-9-17-15;/h3-4,6-7,12,19H,5,8-11H2,1-2H3,(H2,16,17,18);1H. The molecule has 130 valence electrons. The Hall–Kier alpha value is -0.870. The van der Waals surface area contributed by atoms with E-state index in [9.17, 15) is 8.42 Å². The Labute approximate surface area is 155 Å². The number of nitrogens with zero attached hydrogens (tertiary/aromatic N) is 1. The monoisotopic (exact) mass is 452 g/mol. The molecule has 0 saturated heterocycles. The number of rotatable bonds is 6. The molecule has 0 fully saturated rings. The molecule has 0 spiro atoms. The van der Waals surface area contributed by atoms with E-state index in [1.807, 2.05) is 38.1 Å². The summed E-state index contributed by atoms with van der Waals surface area (Å²) in [5.74, 6) is 0.771. The van der Waals surface area contributed by atoms with E-state index in [1.54, 1.807) is 0 Å². The van der Waals surface area contributed by atoms with Crippen LogP contribution in [0.15, 0.2) is 29.3 Å². The van der Waals surface area contributed by atoms with Crippen molar-refractivity contribution in [3.63, 3.8) is 0 Å². The predicted octanol–water partition coefficient (Wildman–Crippen LogP) is 1.57. The Morgan fingerprint density at radius 2 is 1.96 bits per heavy atom. The Morgan fingerprint density at radius 1 is 1.26 bits per heavy atom. The summed E-state index contributed by atoms with van der Waals surface area (Å²) in [5, 5.41) is 6.42. The summed E-state index contributed by atoms with van der Waals surface area (Å²) in [6.45, 7) is 5.93. The highest BCUT2D eigenvalue weighted by Gasteiger charge is 2.15. The van der Waals surface area contributed by atoms with E-state index in [-0.39, 0.29) is 35.8 Å². The second-order valence-corrected chi connectivity index (χ2v) is 7.42. The van der Waals surface area contributed by atoms with Gasteiger partial charge in [-0.25, -0.2) is 13.1 Å². The first-order valence-electron chi connectivity index (χ1n) is 7.55. The lowest BCUT2D eigenvalue weighted by Gasteiger charge is -2.17. The van der Waals surface area contributed by atoms with Gasteiger partial charge in [-0.05, 0) is 31.4 Å². The summed E-state index contributed by atoms with van der Waals surface area (Å²) in [6.07, 6.45) is 1.04. The van der Waals surface area contributed by atoms with Gasteiger partial charge in [0, 0.05) is 25.7 Å². The molecule has 8 heteroatoms. The molecule has 1 aromatic rings. The van der Waals surface area contributed by atoms with Crippen LogP contribution in [0.4, 0.5) is 0 Å². The maximum Gasteiger partial charge on any atom is 0.216 e. The minimum atomic E-state index is -3.32. The van der Waals surface area contributed by atoms with Crippen molar-refractivity contribution in [2.75, 3.05) is 13.1 Å². The molecule has 1 aliphatic heterocycles. The van der Waals surface area contributed by atoms with Crippen molar-refractivity contribution in [2.24, 2.45) is 4.99 Å². The number of nitrogens with one attached hydrogen (secondary N) is 3. The van der Waals surface area contributed by atoms with Crippen LogP contribution in [0.3, 0.4) is 0 Å². The Balaban J connectivity index is 0.00000264. The second kappa shape index (κ2) is 9.43. The van der Waals surface area contributed by atoms with Crippen molar-refractivity contribution < 1.29 is 8.42 Å². The average molecular weight is 452 g/mol. The average Bonchev–Trinajstić information content (AvgIpc) is 2.45. The van der Waals surface area contributed by atoms with Gasteiger partial charge in [-0.2, -0.15) is 0 Å². The van der Waals surface area contributed by atoms with Crippen molar-refractivity contribution in [1.82, 2.24) is 15.4 Å². The topological polar surface area (TPSA) is 82.6 Å². The maximum absolute atomic E-state index is 12.1. The van der Waals surface area contributed by atoms with Gasteiger partial charge in [0.25, 0.3) is 0 Å². The third kappa shape index (κ3) is 7.05. The van der Waals surface area contributed by atoms with Crippen molar-refractivity contribution in [1.29, 1.82) is 0 Å². The molecule has 1 aliphatic rings. The quantitative estimate of drug-likeness (QED) is 0.573. The molecular weight excluding hydrogens is 427 g/mol. The summed E-state index contributed by atoms with van der Waals surface area (Å²) < 4.78 is 26.8. The van der Waals surface area contributed by atoms with Gasteiger partial charge in [-0.3, -0.25) is 4.99 Å². The van der Waals surface area contributed by atoms with Crippen molar-refractivity contribution in [3.8, 4) is 0 Å². The van der Waals surface area contributed by atoms with Crippen LogP contribution in [-0.2, 0) is 22.3 Å². The molecule has 0 saturated carbocycles. The van der Waals surface area contributed by atoms with Crippen LogP contribution in [0.2, 0.25) is 0 Å². The number of aliphatic imine (C=N–C) groups is 1. The molecule has 1 aromatic carbocycles. The van der Waals surface area contributed by atoms with Crippen LogP contribution in [-0.4, -0.2) is 33.5 Å². The minimum absolute atomic E-state index is 0. The van der Waals surface area contributed by atoms with Gasteiger partial charge < -0.3 is 10.6 Å². The van der Waals surface area contributed by atoms with E-state index in [4.69, 9.17) is 0 Å². The summed E-state index contributed by atoms with van der Waals surface area (Å²) in [4.78, 5) is 4.35. The van der Waals surface area contributed by atoms with E-state index in [0.717, 1.165) is 36.6 Å². The van der Waals surface area contributed by atoms with Gasteiger partial charge in [0.1, 0.15) is 0 Å². The second-order valence-electron chi connectivity index (χ2n) is 5.66. The molecule has 0 aromatic heterocycles. The summed E-state index contributed by atoms with van der Waals surface area (Å²) in [6, 6.07) is 7.47. The van der Waals surface area contributed by atoms with Crippen LogP contribution < -0.4 is 15.4 Å². The van der Waals surface area contributed by atoms with Crippen LogP contribution in [0.1, 0.15) is 31.4 Å². The number of benzene rings is 1. The van der Waals surface area contributed by atoms with E-state index < -0.39 is 10.0 Å². The molecule has 0 radical (unpaired) electrons. The molecule has 0 bridgehead atoms. The maximum atomic E-state index is 12.1. The first kappa shape index (κ1) is 20.2. The first-order valence-corrected chi connectivity index (χ1v) is 9.20. The van der Waals surface area contributed by atoms with E-state index in [2.05, 4.69) is 20.3 Å². The number of sulfonamides is 1. The lowest BCUT2D eigenvalue weighted by molar-refractivity contribution is 0.568. The van der Waals surface area contributed by atoms with Crippen LogP contribution in [0, 0.1) is 0 Å². The summed E-state index contributed by atoms with van der Waals surface area (Å²) >= 11 is 0. The number of halogens is 1. The molecule has 3 N–H and O–H groups in total. The van der Waals surface area contributed by atoms with Crippen molar-refractivity contribution in [3.05, 3.63) is 35.4 Å². The molecule has 23 heavy (non-hydrogen) atoms. The normalized spacial score (nSPS) is 14.7. The Kier molecular flexibility index (Phi) is 8.27. The molecule has 0 aliphatic carbocycles. The molecule has 0 atom stereocenters. The smallest absolute Gasteiger partial charge is 0.216 e. The number of hydrogen-bond donors (Lipinski definition) is 3. The number of guanidine groups is 1. The number of hydrogen-bond acceptors (Lipinski definition) is 5. The Morgan fingerprint density at radius 3 is 2.57 bits per heavy atom. The van der Waals surface area contributed by atoms with Crippen LogP contribution in [0.25, 0.3) is 0 Å². The zero-order chi connectivity index (χ0) is 16.0. The molecule has 2 rings (SSSR count). The summed E-state index contributed by atoms with van der Waals surface area (Å²) in [7, 11) is -3.32. The van der Waals surface area contributed by atoms with E-state index >= 15 is 0 Å². The molecule has 6 nitrogen and oxygen atoms in total. The van der Waals surface area contributed by atoms with Gasteiger partial charge >= 0.3 is 0 Å². The van der Waals surface area contributed by atoms with Crippen molar-refractivity contribution in [2.45, 2.75) is 38.6 Å². The van der Waals surface area contributed by atoms with Gasteiger partial charge in [0.05, 0.1) is 5.75 Å². The largest absolute Gasteiger partial charge is 0.356 e. The van der Waals surface area contributed by atoms with Crippen LogP contribution >= 0.6 is 24.0 Å². The summed E-state index contributed by atoms with van der Waals surface area (Å²) in [5.41, 5.74) is 1.77. The van der Waals surface area contributed by atoms with Gasteiger partial charge in [-0.1, -0.05) is 24.3 Å². The minimum Gasteiger partial charge on any atom is -0.356 e. The highest BCUT2D eigenvalue weighted by atomic mass is 127. The highest BCUT2D eigenvalue weighted by molar-refractivity contribution is 14.0. The van der Waals surface area contributed by atoms with Gasteiger partial charge in [0.2, 0.25) is 10.0 Å². The Bertz CT molecular complexity index is 632. The zero-order valence-electron chi connectivity index (χ0n) is 13.5. The zero-order valence-corrected chi connectivity index (χ0v) is 16.6. The first-order chi connectivity index (χ1) is 10.5. The SMILES string of the molecule is CC(C)NS(=O)(=O)Cc1ccccc1CNC1=NCCCN1.I. The van der Waals surface area contributed by atoms with Gasteiger partial charge in [0.15, 0.2) is 5.96 Å². The lowest BCUT2D eigenvalue weighted by atomic mass is 10.1. The third-order valence-corrected chi connectivity index (χ3v) is 4.74.